The van der Waals surface area contributed by atoms with Gasteiger partial charge in [-0.05, 0) is 44.1 Å². The van der Waals surface area contributed by atoms with Crippen LogP contribution in [-0.4, -0.2) is 9.97 Å². The van der Waals surface area contributed by atoms with E-state index >= 15 is 0 Å². The van der Waals surface area contributed by atoms with Crippen LogP contribution in [0.2, 0.25) is 0 Å². The van der Waals surface area contributed by atoms with Gasteiger partial charge in [-0.3, -0.25) is 0 Å². The standard InChI is InChI=1S/C19H29N3/c1-2-3-4-8-14-17-18(22-19(20)21-17)15-10-9-13-16-11-6-5-7-12-16/h5-7,11-12H,2-4,8-10,13-15H2,1H3,(H3,20,21,22). The summed E-state index contributed by atoms with van der Waals surface area (Å²) < 4.78 is 0. The van der Waals surface area contributed by atoms with Crippen LogP contribution in [0.15, 0.2) is 30.3 Å². The summed E-state index contributed by atoms with van der Waals surface area (Å²) >= 11 is 0. The van der Waals surface area contributed by atoms with Crippen LogP contribution in [0.4, 0.5) is 5.95 Å². The van der Waals surface area contributed by atoms with Crippen molar-refractivity contribution in [2.45, 2.75) is 64.7 Å². The fourth-order valence-corrected chi connectivity index (χ4v) is 2.88. The largest absolute Gasteiger partial charge is 0.369 e. The number of H-pyrrole nitrogens is 1. The molecule has 0 saturated heterocycles. The number of imidazole rings is 1. The van der Waals surface area contributed by atoms with Crippen LogP contribution in [-0.2, 0) is 19.3 Å². The zero-order valence-electron chi connectivity index (χ0n) is 13.8. The first-order chi connectivity index (χ1) is 10.8. The second-order valence-corrected chi connectivity index (χ2v) is 6.05. The van der Waals surface area contributed by atoms with E-state index in [1.807, 2.05) is 0 Å². The first-order valence-electron chi connectivity index (χ1n) is 8.66. The van der Waals surface area contributed by atoms with Crippen molar-refractivity contribution in [3.8, 4) is 0 Å². The molecule has 0 amide bonds. The number of nitrogens with two attached hydrogens (primary N) is 1. The molecule has 0 saturated carbocycles. The van der Waals surface area contributed by atoms with Gasteiger partial charge in [0.2, 0.25) is 0 Å². The van der Waals surface area contributed by atoms with E-state index in [0.717, 1.165) is 19.3 Å². The Hall–Kier alpha value is -1.77. The average molecular weight is 299 g/mol. The fraction of sp³-hybridized carbons (Fsp3) is 0.526. The van der Waals surface area contributed by atoms with Gasteiger partial charge in [0.1, 0.15) is 0 Å². The normalized spacial score (nSPS) is 11.0. The van der Waals surface area contributed by atoms with Crippen LogP contribution < -0.4 is 5.73 Å². The Kier molecular flexibility index (Phi) is 7.01. The number of rotatable bonds is 10. The highest BCUT2D eigenvalue weighted by molar-refractivity contribution is 5.26. The van der Waals surface area contributed by atoms with Gasteiger partial charge in [-0.1, -0.05) is 56.5 Å². The van der Waals surface area contributed by atoms with Crippen molar-refractivity contribution >= 4 is 5.95 Å². The lowest BCUT2D eigenvalue weighted by molar-refractivity contribution is 0.654. The molecule has 1 aromatic heterocycles. The topological polar surface area (TPSA) is 54.7 Å². The number of aryl methyl sites for hydroxylation is 3. The average Bonchev–Trinajstić information content (AvgIpc) is 2.89. The highest BCUT2D eigenvalue weighted by Gasteiger charge is 2.08. The van der Waals surface area contributed by atoms with Crippen molar-refractivity contribution in [2.24, 2.45) is 0 Å². The summed E-state index contributed by atoms with van der Waals surface area (Å²) in [6.45, 7) is 2.24. The van der Waals surface area contributed by atoms with E-state index in [9.17, 15) is 0 Å². The minimum absolute atomic E-state index is 0.573. The molecule has 0 aliphatic heterocycles. The van der Waals surface area contributed by atoms with E-state index in [1.165, 1.54) is 55.5 Å². The molecular weight excluding hydrogens is 270 g/mol. The second kappa shape index (κ2) is 9.29. The third-order valence-electron chi connectivity index (χ3n) is 4.13. The molecule has 2 rings (SSSR count). The summed E-state index contributed by atoms with van der Waals surface area (Å²) in [4.78, 5) is 7.72. The number of aromatic nitrogens is 2. The minimum atomic E-state index is 0.573. The second-order valence-electron chi connectivity index (χ2n) is 6.05. The maximum absolute atomic E-state index is 5.84. The molecular formula is C19H29N3. The van der Waals surface area contributed by atoms with Crippen LogP contribution in [0.1, 0.15) is 62.4 Å². The molecule has 0 aliphatic rings. The Labute approximate surface area is 134 Å². The van der Waals surface area contributed by atoms with Crippen LogP contribution in [0, 0.1) is 0 Å². The first-order valence-corrected chi connectivity index (χ1v) is 8.66. The first kappa shape index (κ1) is 16.6. The van der Waals surface area contributed by atoms with Gasteiger partial charge in [-0.15, -0.1) is 0 Å². The van der Waals surface area contributed by atoms with Crippen LogP contribution >= 0.6 is 0 Å². The Balaban J connectivity index is 1.74. The van der Waals surface area contributed by atoms with Crippen molar-refractivity contribution in [1.82, 2.24) is 9.97 Å². The quantitative estimate of drug-likeness (QED) is 0.626. The molecule has 0 aliphatic carbocycles. The number of aromatic amines is 1. The molecule has 120 valence electrons. The third-order valence-corrected chi connectivity index (χ3v) is 4.13. The maximum Gasteiger partial charge on any atom is 0.197 e. The zero-order valence-corrected chi connectivity index (χ0v) is 13.8. The molecule has 0 unspecified atom stereocenters. The lowest BCUT2D eigenvalue weighted by Crippen LogP contribution is -1.95. The number of hydrogen-bond donors (Lipinski definition) is 2. The van der Waals surface area contributed by atoms with Gasteiger partial charge < -0.3 is 10.7 Å². The Morgan fingerprint density at radius 3 is 2.41 bits per heavy atom. The summed E-state index contributed by atoms with van der Waals surface area (Å²) in [6.07, 6.45) is 10.7. The van der Waals surface area contributed by atoms with Crippen molar-refractivity contribution < 1.29 is 0 Å². The van der Waals surface area contributed by atoms with E-state index < -0.39 is 0 Å². The van der Waals surface area contributed by atoms with Crippen LogP contribution in [0.5, 0.6) is 0 Å². The molecule has 1 aromatic carbocycles. The molecule has 1 heterocycles. The molecule has 0 spiro atoms. The smallest absolute Gasteiger partial charge is 0.197 e. The summed E-state index contributed by atoms with van der Waals surface area (Å²) in [5.41, 5.74) is 9.70. The van der Waals surface area contributed by atoms with E-state index in [0.29, 0.717) is 5.95 Å². The Morgan fingerprint density at radius 2 is 1.64 bits per heavy atom. The molecule has 3 N–H and O–H groups in total. The Morgan fingerprint density at radius 1 is 0.909 bits per heavy atom. The Bertz CT molecular complexity index is 531. The molecule has 22 heavy (non-hydrogen) atoms. The molecule has 0 fully saturated rings. The number of nitrogens with zero attached hydrogens (tertiary/aromatic N) is 1. The molecule has 0 bridgehead atoms. The van der Waals surface area contributed by atoms with Crippen molar-refractivity contribution in [3.05, 3.63) is 47.3 Å². The minimum Gasteiger partial charge on any atom is -0.369 e. The van der Waals surface area contributed by atoms with E-state index in [-0.39, 0.29) is 0 Å². The number of benzene rings is 1. The number of unbranched alkanes of at least 4 members (excludes halogenated alkanes) is 4. The van der Waals surface area contributed by atoms with Gasteiger partial charge in [0.25, 0.3) is 0 Å². The van der Waals surface area contributed by atoms with E-state index in [1.54, 1.807) is 0 Å². The summed E-state index contributed by atoms with van der Waals surface area (Å²) in [5, 5.41) is 0. The van der Waals surface area contributed by atoms with Gasteiger partial charge in [-0.25, -0.2) is 4.98 Å². The number of anilines is 1. The third kappa shape index (κ3) is 5.55. The highest BCUT2D eigenvalue weighted by atomic mass is 15.0. The number of nitrogen functional groups attached to an aromatic ring is 1. The maximum atomic E-state index is 5.84. The monoisotopic (exact) mass is 299 g/mol. The van der Waals surface area contributed by atoms with Crippen LogP contribution in [0.25, 0.3) is 0 Å². The number of nitrogens with one attached hydrogen (secondary N) is 1. The highest BCUT2D eigenvalue weighted by Crippen LogP contribution is 2.15. The van der Waals surface area contributed by atoms with Crippen molar-refractivity contribution in [1.29, 1.82) is 0 Å². The van der Waals surface area contributed by atoms with E-state index in [4.69, 9.17) is 5.73 Å². The van der Waals surface area contributed by atoms with E-state index in [2.05, 4.69) is 47.2 Å². The summed E-state index contributed by atoms with van der Waals surface area (Å²) in [6, 6.07) is 10.7. The van der Waals surface area contributed by atoms with Gasteiger partial charge in [-0.2, -0.15) is 0 Å². The lowest BCUT2D eigenvalue weighted by Gasteiger charge is -2.04. The van der Waals surface area contributed by atoms with Gasteiger partial charge in [0.15, 0.2) is 5.95 Å². The SMILES string of the molecule is CCCCCCc1[nH]c(N)nc1CCCCc1ccccc1. The fourth-order valence-electron chi connectivity index (χ4n) is 2.88. The molecule has 0 atom stereocenters. The number of hydrogen-bond acceptors (Lipinski definition) is 2. The predicted molar refractivity (Wildman–Crippen MR) is 93.9 cm³/mol. The molecule has 0 radical (unpaired) electrons. The lowest BCUT2D eigenvalue weighted by atomic mass is 10.0. The van der Waals surface area contributed by atoms with Crippen molar-refractivity contribution in [3.63, 3.8) is 0 Å². The molecule has 3 nitrogen and oxygen atoms in total. The van der Waals surface area contributed by atoms with Crippen LogP contribution in [0.3, 0.4) is 0 Å². The predicted octanol–water partition coefficient (Wildman–Crippen LogP) is 4.68. The van der Waals surface area contributed by atoms with Crippen molar-refractivity contribution in [2.75, 3.05) is 5.73 Å². The van der Waals surface area contributed by atoms with Gasteiger partial charge in [0.05, 0.1) is 5.69 Å². The van der Waals surface area contributed by atoms with Gasteiger partial charge >= 0.3 is 0 Å². The summed E-state index contributed by atoms with van der Waals surface area (Å²) in [7, 11) is 0. The molecule has 3 heteroatoms. The zero-order chi connectivity index (χ0) is 15.6. The summed E-state index contributed by atoms with van der Waals surface area (Å²) in [5.74, 6) is 0.573. The van der Waals surface area contributed by atoms with Gasteiger partial charge in [0, 0.05) is 5.69 Å². The molecule has 2 aromatic rings.